The van der Waals surface area contributed by atoms with Crippen molar-refractivity contribution in [3.63, 3.8) is 0 Å². The topological polar surface area (TPSA) is 89.8 Å². The fourth-order valence-corrected chi connectivity index (χ4v) is 2.08. The van der Waals surface area contributed by atoms with Crippen LogP contribution in [0.15, 0.2) is 0 Å². The molecule has 88 valence electrons. The molecule has 4 atom stereocenters. The number of carbonyl (C=O) groups excluding carboxylic acids is 1. The molecule has 0 aromatic carbocycles. The summed E-state index contributed by atoms with van der Waals surface area (Å²) >= 11 is 0. The van der Waals surface area contributed by atoms with Gasteiger partial charge in [0.25, 0.3) is 0 Å². The summed E-state index contributed by atoms with van der Waals surface area (Å²) in [7, 11) is 0. The number of carbonyl (C=O) groups is 1. The van der Waals surface area contributed by atoms with Crippen molar-refractivity contribution in [1.82, 2.24) is 5.32 Å². The third-order valence-corrected chi connectivity index (χ3v) is 3.19. The molecule has 1 aliphatic rings. The van der Waals surface area contributed by atoms with E-state index in [1.165, 1.54) is 0 Å². The first kappa shape index (κ1) is 12.4. The molecule has 0 saturated carbocycles. The third-order valence-electron chi connectivity index (χ3n) is 3.19. The molecule has 1 rings (SSSR count). The summed E-state index contributed by atoms with van der Waals surface area (Å²) in [4.78, 5) is 11.4. The Balaban J connectivity index is 3.01. The number of aliphatic hydroxyl groups excluding tert-OH is 3. The van der Waals surface area contributed by atoms with E-state index in [4.69, 9.17) is 0 Å². The lowest BCUT2D eigenvalue weighted by atomic mass is 9.81. The molecule has 5 heteroatoms. The number of hydrogen-bond donors (Lipinski definition) is 4. The first-order valence-electron chi connectivity index (χ1n) is 5.16. The van der Waals surface area contributed by atoms with Gasteiger partial charge in [0, 0.05) is 0 Å². The van der Waals surface area contributed by atoms with Crippen molar-refractivity contribution >= 4 is 5.91 Å². The van der Waals surface area contributed by atoms with Crippen LogP contribution in [0.2, 0.25) is 0 Å². The first-order valence-corrected chi connectivity index (χ1v) is 5.16. The second kappa shape index (κ2) is 4.08. The maximum Gasteiger partial charge on any atom is 0.226 e. The first-order chi connectivity index (χ1) is 6.86. The van der Waals surface area contributed by atoms with Crippen LogP contribution in [-0.4, -0.2) is 45.6 Å². The van der Waals surface area contributed by atoms with Crippen LogP contribution in [0.3, 0.4) is 0 Å². The molecule has 0 unspecified atom stereocenters. The molecule has 0 aliphatic carbocycles. The van der Waals surface area contributed by atoms with Gasteiger partial charge in [-0.3, -0.25) is 4.79 Å². The summed E-state index contributed by atoms with van der Waals surface area (Å²) < 4.78 is 0. The van der Waals surface area contributed by atoms with E-state index in [2.05, 4.69) is 5.32 Å². The molecule has 4 N–H and O–H groups in total. The van der Waals surface area contributed by atoms with Gasteiger partial charge in [-0.15, -0.1) is 0 Å². The minimum atomic E-state index is -1.31. The van der Waals surface area contributed by atoms with Gasteiger partial charge in [-0.05, 0) is 5.92 Å². The van der Waals surface area contributed by atoms with Gasteiger partial charge in [0.2, 0.25) is 5.91 Å². The Morgan fingerprint density at radius 1 is 1.53 bits per heavy atom. The van der Waals surface area contributed by atoms with E-state index in [0.29, 0.717) is 0 Å². The lowest BCUT2D eigenvalue weighted by Gasteiger charge is -2.37. The van der Waals surface area contributed by atoms with Crippen molar-refractivity contribution in [3.05, 3.63) is 0 Å². The Bertz CT molecular complexity index is 256. The number of hydrogen-bond acceptors (Lipinski definition) is 4. The third kappa shape index (κ3) is 1.75. The quantitative estimate of drug-likeness (QED) is 0.481. The van der Waals surface area contributed by atoms with Crippen LogP contribution in [0.4, 0.5) is 0 Å². The normalized spacial score (nSPS) is 38.2. The van der Waals surface area contributed by atoms with Gasteiger partial charge in [-0.2, -0.15) is 0 Å². The Kier molecular flexibility index (Phi) is 3.38. The largest absolute Gasteiger partial charge is 0.394 e. The molecular weight excluding hydrogens is 198 g/mol. The maximum absolute atomic E-state index is 11.4. The van der Waals surface area contributed by atoms with E-state index >= 15 is 0 Å². The fourth-order valence-electron chi connectivity index (χ4n) is 2.08. The van der Waals surface area contributed by atoms with Crippen molar-refractivity contribution in [2.24, 2.45) is 11.8 Å². The summed E-state index contributed by atoms with van der Waals surface area (Å²) in [6.07, 6.45) is -2.03. The van der Waals surface area contributed by atoms with E-state index in [1.807, 2.05) is 0 Å². The van der Waals surface area contributed by atoms with Gasteiger partial charge in [-0.25, -0.2) is 0 Å². The molecule has 0 aromatic heterocycles. The number of aliphatic hydroxyl groups is 3. The minimum absolute atomic E-state index is 0.155. The molecule has 1 fully saturated rings. The molecule has 0 radical (unpaired) electrons. The molecule has 5 nitrogen and oxygen atoms in total. The Labute approximate surface area is 89.1 Å². The van der Waals surface area contributed by atoms with Crippen LogP contribution >= 0.6 is 0 Å². The molecular formula is C10H19NO4. The van der Waals surface area contributed by atoms with Crippen LogP contribution in [0.1, 0.15) is 20.8 Å². The summed E-state index contributed by atoms with van der Waals surface area (Å²) in [6, 6.07) is 0. The summed E-state index contributed by atoms with van der Waals surface area (Å²) in [6.45, 7) is 4.64. The molecule has 1 heterocycles. The minimum Gasteiger partial charge on any atom is -0.394 e. The molecule has 0 aromatic rings. The molecule has 1 aliphatic heterocycles. The smallest absolute Gasteiger partial charge is 0.226 e. The number of rotatable bonds is 3. The highest BCUT2D eigenvalue weighted by Crippen LogP contribution is 2.31. The standard InChI is InChI=1S/C10H19NO4/c1-5(2)7(13)10(4-12)8(14)6(3)9(15)11-10/h5-8,12-14H,4H2,1-3H3,(H,11,15)/t6-,7+,8+,10-/m1/s1. The predicted octanol–water partition coefficient (Wildman–Crippen LogP) is -1.14. The molecule has 1 saturated heterocycles. The van der Waals surface area contributed by atoms with Crippen LogP contribution in [0.5, 0.6) is 0 Å². The molecule has 0 bridgehead atoms. The highest BCUT2D eigenvalue weighted by molar-refractivity contribution is 5.83. The number of nitrogens with one attached hydrogen (secondary N) is 1. The summed E-state index contributed by atoms with van der Waals surface area (Å²) in [5.41, 5.74) is -1.31. The maximum atomic E-state index is 11.4. The van der Waals surface area contributed by atoms with Crippen molar-refractivity contribution in [2.45, 2.75) is 38.5 Å². The van der Waals surface area contributed by atoms with Crippen LogP contribution in [0, 0.1) is 11.8 Å². The van der Waals surface area contributed by atoms with E-state index < -0.39 is 30.3 Å². The van der Waals surface area contributed by atoms with Crippen LogP contribution < -0.4 is 5.32 Å². The van der Waals surface area contributed by atoms with Gasteiger partial charge >= 0.3 is 0 Å². The van der Waals surface area contributed by atoms with Crippen molar-refractivity contribution in [3.8, 4) is 0 Å². The second-order valence-electron chi connectivity index (χ2n) is 4.61. The summed E-state index contributed by atoms with van der Waals surface area (Å²) in [5, 5.41) is 31.7. The second-order valence-corrected chi connectivity index (χ2v) is 4.61. The lowest BCUT2D eigenvalue weighted by molar-refractivity contribution is -0.123. The zero-order valence-corrected chi connectivity index (χ0v) is 9.27. The molecule has 1 amide bonds. The molecule has 0 spiro atoms. The van der Waals surface area contributed by atoms with Gasteiger partial charge in [-0.1, -0.05) is 20.8 Å². The highest BCUT2D eigenvalue weighted by atomic mass is 16.3. The Hall–Kier alpha value is -0.650. The van der Waals surface area contributed by atoms with Crippen molar-refractivity contribution < 1.29 is 20.1 Å². The van der Waals surface area contributed by atoms with E-state index in [9.17, 15) is 20.1 Å². The highest BCUT2D eigenvalue weighted by Gasteiger charge is 2.55. The van der Waals surface area contributed by atoms with Gasteiger partial charge < -0.3 is 20.6 Å². The lowest BCUT2D eigenvalue weighted by Crippen LogP contribution is -2.62. The monoisotopic (exact) mass is 217 g/mol. The SMILES string of the molecule is CC(C)[C@H](O)[C@@]1(CO)NC(=O)[C@H](C)[C@@H]1O. The molecule has 15 heavy (non-hydrogen) atoms. The fraction of sp³-hybridized carbons (Fsp3) is 0.900. The van der Waals surface area contributed by atoms with Gasteiger partial charge in [0.15, 0.2) is 0 Å². The zero-order valence-electron chi connectivity index (χ0n) is 9.27. The zero-order chi connectivity index (χ0) is 11.8. The van der Waals surface area contributed by atoms with Gasteiger partial charge in [0.1, 0.15) is 5.54 Å². The summed E-state index contributed by atoms with van der Waals surface area (Å²) in [5.74, 6) is -1.10. The average Bonchev–Trinajstić information content (AvgIpc) is 2.42. The van der Waals surface area contributed by atoms with Crippen LogP contribution in [-0.2, 0) is 4.79 Å². The van der Waals surface area contributed by atoms with Crippen molar-refractivity contribution in [2.75, 3.05) is 6.61 Å². The van der Waals surface area contributed by atoms with Gasteiger partial charge in [0.05, 0.1) is 24.7 Å². The van der Waals surface area contributed by atoms with E-state index in [0.717, 1.165) is 0 Å². The number of amides is 1. The van der Waals surface area contributed by atoms with Crippen molar-refractivity contribution in [1.29, 1.82) is 0 Å². The Morgan fingerprint density at radius 2 is 2.07 bits per heavy atom. The predicted molar refractivity (Wildman–Crippen MR) is 54.0 cm³/mol. The van der Waals surface area contributed by atoms with Crippen LogP contribution in [0.25, 0.3) is 0 Å². The Morgan fingerprint density at radius 3 is 2.33 bits per heavy atom. The van der Waals surface area contributed by atoms with E-state index in [-0.39, 0.29) is 11.8 Å². The van der Waals surface area contributed by atoms with E-state index in [1.54, 1.807) is 20.8 Å². The average molecular weight is 217 g/mol.